The van der Waals surface area contributed by atoms with Crippen LogP contribution in [-0.4, -0.2) is 37.2 Å². The van der Waals surface area contributed by atoms with Crippen LogP contribution in [0.4, 0.5) is 0 Å². The Bertz CT molecular complexity index is 1810. The van der Waals surface area contributed by atoms with E-state index in [2.05, 4.69) is 179 Å². The number of unbranched alkanes of at least 4 members (excludes halogenated alkanes) is 15. The van der Waals surface area contributed by atoms with Crippen LogP contribution in [0.25, 0.3) is 0 Å². The number of carbonyl (C=O) groups is 3. The van der Waals surface area contributed by atoms with Gasteiger partial charge in [-0.3, -0.25) is 14.4 Å². The first kappa shape index (κ1) is 72.8. The fraction of sp³-hybridized carbons (Fsp3) is 0.569. The van der Waals surface area contributed by atoms with E-state index in [4.69, 9.17) is 14.2 Å². The van der Waals surface area contributed by atoms with Gasteiger partial charge in [-0.2, -0.15) is 0 Å². The van der Waals surface area contributed by atoms with Crippen LogP contribution in [0.3, 0.4) is 0 Å². The van der Waals surface area contributed by atoms with Crippen molar-refractivity contribution in [1.29, 1.82) is 0 Å². The van der Waals surface area contributed by atoms with Crippen molar-refractivity contribution >= 4 is 17.9 Å². The molecule has 0 aromatic rings. The van der Waals surface area contributed by atoms with E-state index in [9.17, 15) is 14.4 Å². The molecule has 0 radical (unpaired) electrons. The maximum absolute atomic E-state index is 12.9. The standard InChI is InChI=1S/C72H112O6/c1-4-7-10-13-16-19-22-25-27-29-30-31-32-33-34-35-36-37-38-39-40-41-42-43-45-47-50-53-56-59-62-65-71(74)77-68-69(67-76-70(73)64-61-58-55-52-49-46-24-21-18-15-12-9-6-3)78-72(75)66-63-60-57-54-51-48-44-28-26-23-20-17-14-11-8-5-2/h7,9-10,12,16,18-19,21,25,27-28,30-31,33-34,36-37,39-40,42-44,46-47,49-50,55,58,69H,4-6,8,11,13-15,17,20,22-24,26,29,32,35,38,41,45,48,51-54,56-57,59-68H2,1-3H3/b10-7-,12-9-,19-16-,21-18-,27-25-,31-30-,34-33-,37-36-,40-39-,43-42-,44-28-,49-46-,50-47-,58-55-. The zero-order valence-corrected chi connectivity index (χ0v) is 49.9. The van der Waals surface area contributed by atoms with Crippen LogP contribution in [-0.2, 0) is 28.6 Å². The maximum Gasteiger partial charge on any atom is 0.306 e. The number of hydrogen-bond acceptors (Lipinski definition) is 6. The topological polar surface area (TPSA) is 78.9 Å². The van der Waals surface area contributed by atoms with Gasteiger partial charge in [0.1, 0.15) is 13.2 Å². The molecule has 0 aliphatic heterocycles. The minimum atomic E-state index is -0.834. The number of ether oxygens (including phenoxy) is 3. The Labute approximate surface area is 479 Å². The fourth-order valence-electron chi connectivity index (χ4n) is 7.85. The summed E-state index contributed by atoms with van der Waals surface area (Å²) in [5.74, 6) is -1.06. The van der Waals surface area contributed by atoms with Gasteiger partial charge in [0.05, 0.1) is 0 Å². The van der Waals surface area contributed by atoms with E-state index < -0.39 is 6.10 Å². The average Bonchev–Trinajstić information content (AvgIpc) is 3.44. The normalized spacial score (nSPS) is 13.3. The maximum atomic E-state index is 12.9. The molecule has 1 unspecified atom stereocenters. The summed E-state index contributed by atoms with van der Waals surface area (Å²) in [6, 6.07) is 0. The smallest absolute Gasteiger partial charge is 0.306 e. The summed E-state index contributed by atoms with van der Waals surface area (Å²) in [7, 11) is 0. The molecule has 0 rings (SSSR count). The quantitative estimate of drug-likeness (QED) is 0.0261. The summed E-state index contributed by atoms with van der Waals surface area (Å²) >= 11 is 0. The lowest BCUT2D eigenvalue weighted by atomic mass is 10.1. The lowest BCUT2D eigenvalue weighted by Crippen LogP contribution is -2.30. The van der Waals surface area contributed by atoms with Crippen LogP contribution in [0.2, 0.25) is 0 Å². The predicted molar refractivity (Wildman–Crippen MR) is 338 cm³/mol. The van der Waals surface area contributed by atoms with E-state index in [1.54, 1.807) is 0 Å². The highest BCUT2D eigenvalue weighted by Crippen LogP contribution is 2.13. The summed E-state index contributed by atoms with van der Waals surface area (Å²) in [5, 5.41) is 0. The number of allylic oxidation sites excluding steroid dienone is 28. The van der Waals surface area contributed by atoms with Crippen molar-refractivity contribution in [3.05, 3.63) is 170 Å². The predicted octanol–water partition coefficient (Wildman–Crippen LogP) is 21.5. The molecule has 0 amide bonds. The first-order chi connectivity index (χ1) is 38.5. The number of carbonyl (C=O) groups excluding carboxylic acids is 3. The number of rotatable bonds is 54. The third-order valence-electron chi connectivity index (χ3n) is 12.4. The molecule has 6 heteroatoms. The van der Waals surface area contributed by atoms with E-state index in [0.717, 1.165) is 141 Å². The molecule has 0 spiro atoms. The molecule has 0 N–H and O–H groups in total. The van der Waals surface area contributed by atoms with Crippen LogP contribution in [0.15, 0.2) is 170 Å². The van der Waals surface area contributed by atoms with Gasteiger partial charge in [0.25, 0.3) is 0 Å². The van der Waals surface area contributed by atoms with Crippen molar-refractivity contribution in [2.75, 3.05) is 13.2 Å². The van der Waals surface area contributed by atoms with Crippen LogP contribution in [0, 0.1) is 0 Å². The molecule has 0 aromatic heterocycles. The van der Waals surface area contributed by atoms with Crippen molar-refractivity contribution in [3.63, 3.8) is 0 Å². The summed E-state index contributed by atoms with van der Waals surface area (Å²) in [6.07, 6.45) is 95.2. The van der Waals surface area contributed by atoms with Crippen LogP contribution in [0.5, 0.6) is 0 Å². The Morgan fingerprint density at radius 3 is 0.885 bits per heavy atom. The Kier molecular flexibility index (Phi) is 60.0. The van der Waals surface area contributed by atoms with Gasteiger partial charge in [-0.05, 0) is 141 Å². The molecule has 0 saturated heterocycles. The third-order valence-corrected chi connectivity index (χ3v) is 12.4. The third kappa shape index (κ3) is 61.6. The van der Waals surface area contributed by atoms with Gasteiger partial charge in [0.15, 0.2) is 6.10 Å². The Morgan fingerprint density at radius 2 is 0.526 bits per heavy atom. The molecule has 78 heavy (non-hydrogen) atoms. The SMILES string of the molecule is CC/C=C\C/C=C\C/C=C\C/C=C\C/C=C\C/C=C\C/C=C\C/C=C\C/C=C\CCCCCC(=O)OCC(COC(=O)CC/C=C\C/C=C\C/C=C\C/C=C\CC)OC(=O)CCCCCCC/C=C\CCCCCCCCC. The summed E-state index contributed by atoms with van der Waals surface area (Å²) in [6.45, 7) is 6.29. The molecule has 0 heterocycles. The van der Waals surface area contributed by atoms with E-state index in [1.165, 1.54) is 57.8 Å². The zero-order chi connectivity index (χ0) is 56.4. The first-order valence-corrected chi connectivity index (χ1v) is 31.1. The molecule has 6 nitrogen and oxygen atoms in total. The summed E-state index contributed by atoms with van der Waals surface area (Å²) in [5.41, 5.74) is 0. The second-order valence-corrected chi connectivity index (χ2v) is 19.8. The van der Waals surface area contributed by atoms with E-state index in [-0.39, 0.29) is 44.0 Å². The van der Waals surface area contributed by atoms with E-state index >= 15 is 0 Å². The van der Waals surface area contributed by atoms with Gasteiger partial charge in [-0.25, -0.2) is 0 Å². The fourth-order valence-corrected chi connectivity index (χ4v) is 7.85. The highest BCUT2D eigenvalue weighted by molar-refractivity contribution is 5.71. The van der Waals surface area contributed by atoms with Crippen LogP contribution >= 0.6 is 0 Å². The van der Waals surface area contributed by atoms with Crippen molar-refractivity contribution in [2.24, 2.45) is 0 Å². The Hall–Kier alpha value is -5.23. The second kappa shape index (κ2) is 64.3. The van der Waals surface area contributed by atoms with E-state index in [1.807, 2.05) is 12.2 Å². The minimum absolute atomic E-state index is 0.128. The van der Waals surface area contributed by atoms with Crippen molar-refractivity contribution in [2.45, 2.75) is 252 Å². The molecule has 0 saturated carbocycles. The van der Waals surface area contributed by atoms with Crippen LogP contribution in [0.1, 0.15) is 245 Å². The molecule has 0 aliphatic rings. The number of esters is 3. The first-order valence-electron chi connectivity index (χ1n) is 31.1. The molecule has 0 aromatic carbocycles. The lowest BCUT2D eigenvalue weighted by molar-refractivity contribution is -0.166. The second-order valence-electron chi connectivity index (χ2n) is 19.8. The summed E-state index contributed by atoms with van der Waals surface area (Å²) < 4.78 is 16.8. The molecule has 0 aliphatic carbocycles. The zero-order valence-electron chi connectivity index (χ0n) is 49.9. The van der Waals surface area contributed by atoms with Gasteiger partial charge in [0.2, 0.25) is 0 Å². The van der Waals surface area contributed by atoms with Crippen molar-refractivity contribution in [1.82, 2.24) is 0 Å². The van der Waals surface area contributed by atoms with Crippen molar-refractivity contribution < 1.29 is 28.6 Å². The minimum Gasteiger partial charge on any atom is -0.462 e. The van der Waals surface area contributed by atoms with Crippen molar-refractivity contribution in [3.8, 4) is 0 Å². The summed E-state index contributed by atoms with van der Waals surface area (Å²) in [4.78, 5) is 38.2. The monoisotopic (exact) mass is 1070 g/mol. The molecule has 0 fully saturated rings. The highest BCUT2D eigenvalue weighted by Gasteiger charge is 2.19. The Morgan fingerprint density at radius 1 is 0.269 bits per heavy atom. The van der Waals surface area contributed by atoms with E-state index in [0.29, 0.717) is 12.8 Å². The molecule has 436 valence electrons. The van der Waals surface area contributed by atoms with Gasteiger partial charge >= 0.3 is 17.9 Å². The molecule has 1 atom stereocenters. The van der Waals surface area contributed by atoms with Crippen LogP contribution < -0.4 is 0 Å². The molecule has 0 bridgehead atoms. The Balaban J connectivity index is 4.45. The lowest BCUT2D eigenvalue weighted by Gasteiger charge is -2.18. The van der Waals surface area contributed by atoms with Gasteiger partial charge < -0.3 is 14.2 Å². The largest absolute Gasteiger partial charge is 0.462 e. The average molecular weight is 1070 g/mol. The van der Waals surface area contributed by atoms with Gasteiger partial charge in [-0.15, -0.1) is 0 Å². The van der Waals surface area contributed by atoms with Gasteiger partial charge in [-0.1, -0.05) is 255 Å². The number of hydrogen-bond donors (Lipinski definition) is 0. The molecular weight excluding hydrogens is 961 g/mol. The highest BCUT2D eigenvalue weighted by atomic mass is 16.6. The van der Waals surface area contributed by atoms with Gasteiger partial charge in [0, 0.05) is 19.3 Å². The molecular formula is C72H112O6.